The molecule has 152 valence electrons. The molecule has 8 nitrogen and oxygen atoms in total. The predicted octanol–water partition coefficient (Wildman–Crippen LogP) is 2.85. The van der Waals surface area contributed by atoms with Gasteiger partial charge in [0.1, 0.15) is 6.04 Å². The number of rotatable bonds is 7. The summed E-state index contributed by atoms with van der Waals surface area (Å²) < 4.78 is 12.9. The molecule has 1 atom stereocenters. The Morgan fingerprint density at radius 1 is 1.31 bits per heavy atom. The molecule has 0 N–H and O–H groups in total. The third-order valence-corrected chi connectivity index (χ3v) is 5.20. The largest absolute Gasteiger partial charge is 0.376 e. The van der Waals surface area contributed by atoms with Crippen LogP contribution in [0, 0.1) is 6.92 Å². The molecule has 1 aromatic carbocycles. The Kier molecular flexibility index (Phi) is 5.71. The molecule has 2 aromatic heterocycles. The summed E-state index contributed by atoms with van der Waals surface area (Å²) in [7, 11) is 1.83. The summed E-state index contributed by atoms with van der Waals surface area (Å²) in [6.07, 6.45) is 2.28. The van der Waals surface area contributed by atoms with E-state index in [4.69, 9.17) is 9.26 Å². The van der Waals surface area contributed by atoms with Crippen molar-refractivity contribution in [2.75, 3.05) is 13.2 Å². The summed E-state index contributed by atoms with van der Waals surface area (Å²) in [5.41, 5.74) is 2.52. The van der Waals surface area contributed by atoms with Crippen molar-refractivity contribution in [3.63, 3.8) is 0 Å². The Labute approximate surface area is 169 Å². The van der Waals surface area contributed by atoms with Crippen LogP contribution in [0.2, 0.25) is 0 Å². The number of carbonyl (C=O) groups excluding carboxylic acids is 1. The van der Waals surface area contributed by atoms with Gasteiger partial charge in [-0.1, -0.05) is 35.5 Å². The highest BCUT2D eigenvalue weighted by Gasteiger charge is 2.35. The van der Waals surface area contributed by atoms with Crippen LogP contribution in [0.25, 0.3) is 0 Å². The van der Waals surface area contributed by atoms with Gasteiger partial charge < -0.3 is 14.2 Å². The fraction of sp³-hybridized carbons (Fsp3) is 0.429. The van der Waals surface area contributed by atoms with Crippen molar-refractivity contribution >= 4 is 5.91 Å². The van der Waals surface area contributed by atoms with Crippen molar-refractivity contribution in [2.24, 2.45) is 7.05 Å². The van der Waals surface area contributed by atoms with Crippen molar-refractivity contribution in [2.45, 2.75) is 38.8 Å². The molecule has 29 heavy (non-hydrogen) atoms. The first-order valence-corrected chi connectivity index (χ1v) is 9.87. The topological polar surface area (TPSA) is 86.3 Å². The first-order chi connectivity index (χ1) is 14.1. The highest BCUT2D eigenvalue weighted by molar-refractivity contribution is 5.92. The monoisotopic (exact) mass is 395 g/mol. The van der Waals surface area contributed by atoms with E-state index < -0.39 is 0 Å². The fourth-order valence-electron chi connectivity index (χ4n) is 3.51. The lowest BCUT2D eigenvalue weighted by Gasteiger charge is -2.20. The van der Waals surface area contributed by atoms with E-state index in [9.17, 15) is 4.79 Å². The Morgan fingerprint density at radius 3 is 2.90 bits per heavy atom. The molecule has 0 spiro atoms. The van der Waals surface area contributed by atoms with Gasteiger partial charge in [0.25, 0.3) is 5.91 Å². The molecule has 0 radical (unpaired) electrons. The molecule has 1 saturated heterocycles. The van der Waals surface area contributed by atoms with Gasteiger partial charge in [-0.15, -0.1) is 0 Å². The molecule has 1 fully saturated rings. The number of aromatic nitrogens is 4. The fourth-order valence-corrected chi connectivity index (χ4v) is 3.51. The zero-order valence-electron chi connectivity index (χ0n) is 16.7. The van der Waals surface area contributed by atoms with Crippen LogP contribution in [0.1, 0.15) is 52.3 Å². The minimum Gasteiger partial charge on any atom is -0.376 e. The smallest absolute Gasteiger partial charge is 0.275 e. The number of benzene rings is 1. The average Bonchev–Trinajstić information content (AvgIpc) is 3.46. The maximum atomic E-state index is 12.9. The lowest BCUT2D eigenvalue weighted by molar-refractivity contribution is 0.0703. The van der Waals surface area contributed by atoms with Crippen LogP contribution < -0.4 is 0 Å². The molecule has 1 amide bonds. The van der Waals surface area contributed by atoms with E-state index in [1.54, 1.807) is 15.6 Å². The highest BCUT2D eigenvalue weighted by Crippen LogP contribution is 2.32. The molecule has 1 unspecified atom stereocenters. The predicted molar refractivity (Wildman–Crippen MR) is 105 cm³/mol. The van der Waals surface area contributed by atoms with Crippen molar-refractivity contribution in [3.05, 3.63) is 65.1 Å². The Balaban J connectivity index is 1.34. The first kappa shape index (κ1) is 19.3. The molecular formula is C21H25N5O3. The lowest BCUT2D eigenvalue weighted by Crippen LogP contribution is -2.31. The highest BCUT2D eigenvalue weighted by atomic mass is 16.5. The molecule has 0 aliphatic carbocycles. The summed E-state index contributed by atoms with van der Waals surface area (Å²) in [4.78, 5) is 19.2. The second-order valence-electron chi connectivity index (χ2n) is 7.29. The van der Waals surface area contributed by atoms with Crippen LogP contribution in [-0.4, -0.2) is 43.9 Å². The number of amides is 1. The van der Waals surface area contributed by atoms with Gasteiger partial charge >= 0.3 is 0 Å². The van der Waals surface area contributed by atoms with E-state index in [2.05, 4.69) is 15.2 Å². The zero-order valence-corrected chi connectivity index (χ0v) is 16.7. The molecule has 0 bridgehead atoms. The third-order valence-electron chi connectivity index (χ3n) is 5.20. The summed E-state index contributed by atoms with van der Waals surface area (Å²) in [5.74, 6) is 0.991. The standard InChI is InChI=1S/C21H25N5O3/c1-15-13-17(23-25(15)2)21(27)26-11-6-9-18(26)20-22-19(24-29-20)10-12-28-14-16-7-4-3-5-8-16/h3-5,7-8,13,18H,6,9-12,14H2,1-2H3. The van der Waals surface area contributed by atoms with Crippen molar-refractivity contribution in [1.29, 1.82) is 0 Å². The average molecular weight is 395 g/mol. The van der Waals surface area contributed by atoms with E-state index in [0.29, 0.717) is 43.6 Å². The lowest BCUT2D eigenvalue weighted by atomic mass is 10.2. The first-order valence-electron chi connectivity index (χ1n) is 9.87. The maximum Gasteiger partial charge on any atom is 0.275 e. The van der Waals surface area contributed by atoms with Gasteiger partial charge in [0.2, 0.25) is 5.89 Å². The zero-order chi connectivity index (χ0) is 20.2. The summed E-state index contributed by atoms with van der Waals surface area (Å²) >= 11 is 0. The molecular weight excluding hydrogens is 370 g/mol. The van der Waals surface area contributed by atoms with Gasteiger partial charge in [0, 0.05) is 25.7 Å². The maximum absolute atomic E-state index is 12.9. The van der Waals surface area contributed by atoms with E-state index in [1.807, 2.05) is 44.3 Å². The normalized spacial score (nSPS) is 16.5. The Morgan fingerprint density at radius 2 is 2.14 bits per heavy atom. The number of carbonyl (C=O) groups is 1. The van der Waals surface area contributed by atoms with Gasteiger partial charge in [0.15, 0.2) is 11.5 Å². The van der Waals surface area contributed by atoms with Crippen molar-refractivity contribution in [1.82, 2.24) is 24.8 Å². The number of hydrogen-bond donors (Lipinski definition) is 0. The van der Waals surface area contributed by atoms with Crippen LogP contribution in [0.5, 0.6) is 0 Å². The van der Waals surface area contributed by atoms with Crippen molar-refractivity contribution in [3.8, 4) is 0 Å². The van der Waals surface area contributed by atoms with Crippen LogP contribution >= 0.6 is 0 Å². The number of aryl methyl sites for hydroxylation is 2. The van der Waals surface area contributed by atoms with Crippen LogP contribution in [-0.2, 0) is 24.8 Å². The molecule has 8 heteroatoms. The molecule has 0 saturated carbocycles. The van der Waals surface area contributed by atoms with Crippen molar-refractivity contribution < 1.29 is 14.1 Å². The SMILES string of the molecule is Cc1cc(C(=O)N2CCCC2c2nc(CCOCc3ccccc3)no2)nn1C. The third kappa shape index (κ3) is 4.37. The van der Waals surface area contributed by atoms with Gasteiger partial charge in [-0.05, 0) is 31.4 Å². The molecule has 3 aromatic rings. The van der Waals surface area contributed by atoms with Gasteiger partial charge in [0.05, 0.1) is 13.2 Å². The second-order valence-corrected chi connectivity index (χ2v) is 7.29. The molecule has 4 rings (SSSR count). The number of ether oxygens (including phenoxy) is 1. The minimum absolute atomic E-state index is 0.0952. The van der Waals surface area contributed by atoms with Gasteiger partial charge in [-0.25, -0.2) is 0 Å². The van der Waals surface area contributed by atoms with E-state index >= 15 is 0 Å². The quantitative estimate of drug-likeness (QED) is 0.572. The number of likely N-dealkylation sites (tertiary alicyclic amines) is 1. The minimum atomic E-state index is -0.198. The second kappa shape index (κ2) is 8.57. The van der Waals surface area contributed by atoms with Crippen LogP contribution in [0.4, 0.5) is 0 Å². The Bertz CT molecular complexity index is 946. The van der Waals surface area contributed by atoms with Crippen LogP contribution in [0.15, 0.2) is 40.9 Å². The van der Waals surface area contributed by atoms with E-state index in [0.717, 1.165) is 24.1 Å². The summed E-state index contributed by atoms with van der Waals surface area (Å²) in [6, 6.07) is 11.6. The molecule has 1 aliphatic heterocycles. The summed E-state index contributed by atoms with van der Waals surface area (Å²) in [6.45, 7) is 3.65. The van der Waals surface area contributed by atoms with Gasteiger partial charge in [-0.2, -0.15) is 10.1 Å². The van der Waals surface area contributed by atoms with E-state index in [-0.39, 0.29) is 11.9 Å². The molecule has 1 aliphatic rings. The van der Waals surface area contributed by atoms with E-state index in [1.165, 1.54) is 0 Å². The molecule has 3 heterocycles. The summed E-state index contributed by atoms with van der Waals surface area (Å²) in [5, 5.41) is 8.37. The number of hydrogen-bond acceptors (Lipinski definition) is 6. The van der Waals surface area contributed by atoms with Gasteiger partial charge in [-0.3, -0.25) is 9.48 Å². The Hall–Kier alpha value is -3.00. The van der Waals surface area contributed by atoms with Crippen LogP contribution in [0.3, 0.4) is 0 Å². The number of nitrogens with zero attached hydrogens (tertiary/aromatic N) is 5.